The quantitative estimate of drug-likeness (QED) is 0.665. The van der Waals surface area contributed by atoms with Crippen LogP contribution in [0.5, 0.6) is 0 Å². The average Bonchev–Trinajstić information content (AvgIpc) is 2.33. The van der Waals surface area contributed by atoms with E-state index in [0.717, 1.165) is 0 Å². The molecule has 0 unspecified atom stereocenters. The molecule has 3 N–H and O–H groups in total. The molecule has 0 aliphatic carbocycles. The minimum Gasteiger partial charge on any atom is -0.382 e. The third-order valence-corrected chi connectivity index (χ3v) is 4.62. The maximum atomic E-state index is 11.3. The predicted octanol–water partition coefficient (Wildman–Crippen LogP) is 2.44. The summed E-state index contributed by atoms with van der Waals surface area (Å²) in [5, 5.41) is 4.40. The standard InChI is InChI=1S/C15H19NO6S2/c1-10(2)16-14-5-3-4-12-6-11(8-23(17,18)19)7-13(15(12)14)9-24(20,21)22/h3-7,10,16H,8-9H2,1-2H3,(H,17,18,19)(H,20,21,22). The summed E-state index contributed by atoms with van der Waals surface area (Å²) in [6, 6.07) is 8.27. The molecule has 2 aromatic carbocycles. The van der Waals surface area contributed by atoms with Crippen molar-refractivity contribution >= 4 is 36.7 Å². The molecule has 0 fully saturated rings. The zero-order valence-corrected chi connectivity index (χ0v) is 14.9. The van der Waals surface area contributed by atoms with Crippen LogP contribution < -0.4 is 5.32 Å². The Kier molecular flexibility index (Phi) is 5.19. The summed E-state index contributed by atoms with van der Waals surface area (Å²) in [6.07, 6.45) is 0. The van der Waals surface area contributed by atoms with Gasteiger partial charge in [-0.25, -0.2) is 0 Å². The normalized spacial score (nSPS) is 12.7. The molecule has 0 saturated heterocycles. The van der Waals surface area contributed by atoms with E-state index in [1.165, 1.54) is 6.07 Å². The van der Waals surface area contributed by atoms with Crippen molar-refractivity contribution in [1.29, 1.82) is 0 Å². The van der Waals surface area contributed by atoms with Crippen molar-refractivity contribution in [2.24, 2.45) is 0 Å². The van der Waals surface area contributed by atoms with E-state index in [4.69, 9.17) is 4.55 Å². The summed E-state index contributed by atoms with van der Waals surface area (Å²) < 4.78 is 63.2. The molecule has 0 heterocycles. The molecule has 0 bridgehead atoms. The summed E-state index contributed by atoms with van der Waals surface area (Å²) in [6.45, 7) is 3.85. The van der Waals surface area contributed by atoms with Crippen LogP contribution in [0.2, 0.25) is 0 Å². The lowest BCUT2D eigenvalue weighted by molar-refractivity contribution is 0.480. The molecule has 0 amide bonds. The molecule has 0 atom stereocenters. The van der Waals surface area contributed by atoms with Crippen LogP contribution in [0.15, 0.2) is 30.3 Å². The Balaban J connectivity index is 2.73. The van der Waals surface area contributed by atoms with Gasteiger partial charge in [-0.3, -0.25) is 9.11 Å². The van der Waals surface area contributed by atoms with Crippen LogP contribution in [-0.2, 0) is 31.7 Å². The van der Waals surface area contributed by atoms with Gasteiger partial charge < -0.3 is 5.32 Å². The molecule has 9 heteroatoms. The maximum Gasteiger partial charge on any atom is 0.269 e. The minimum atomic E-state index is -4.31. The van der Waals surface area contributed by atoms with Crippen LogP contribution in [0.4, 0.5) is 5.69 Å². The largest absolute Gasteiger partial charge is 0.382 e. The van der Waals surface area contributed by atoms with Gasteiger partial charge in [-0.05, 0) is 42.5 Å². The Bertz CT molecular complexity index is 965. The van der Waals surface area contributed by atoms with Crippen LogP contribution in [-0.4, -0.2) is 32.0 Å². The Morgan fingerprint density at radius 2 is 1.62 bits per heavy atom. The first kappa shape index (κ1) is 18.7. The fourth-order valence-electron chi connectivity index (χ4n) is 2.62. The smallest absolute Gasteiger partial charge is 0.269 e. The topological polar surface area (TPSA) is 121 Å². The molecule has 0 saturated carbocycles. The highest BCUT2D eigenvalue weighted by Crippen LogP contribution is 2.31. The van der Waals surface area contributed by atoms with Gasteiger partial charge in [-0.15, -0.1) is 0 Å². The molecule has 2 rings (SSSR count). The zero-order valence-electron chi connectivity index (χ0n) is 13.2. The molecule has 24 heavy (non-hydrogen) atoms. The number of fused-ring (bicyclic) bond motifs is 1. The number of benzene rings is 2. The number of anilines is 1. The number of hydrogen-bond donors (Lipinski definition) is 3. The number of hydrogen-bond acceptors (Lipinski definition) is 5. The van der Waals surface area contributed by atoms with Gasteiger partial charge in [-0.1, -0.05) is 18.2 Å². The fourth-order valence-corrected chi connectivity index (χ4v) is 3.83. The lowest BCUT2D eigenvalue weighted by Gasteiger charge is -2.16. The second-order valence-corrected chi connectivity index (χ2v) is 8.82. The second kappa shape index (κ2) is 6.67. The SMILES string of the molecule is CC(C)Nc1cccc2cc(CS(=O)(=O)O)cc(CS(=O)(=O)O)c12. The first-order chi connectivity index (χ1) is 10.9. The van der Waals surface area contributed by atoms with Crippen LogP contribution in [0.3, 0.4) is 0 Å². The number of nitrogens with one attached hydrogen (secondary N) is 1. The van der Waals surface area contributed by atoms with Gasteiger partial charge in [0, 0.05) is 17.1 Å². The number of rotatable bonds is 6. The van der Waals surface area contributed by atoms with Crippen molar-refractivity contribution < 1.29 is 25.9 Å². The van der Waals surface area contributed by atoms with E-state index in [1.807, 2.05) is 13.8 Å². The van der Waals surface area contributed by atoms with Crippen LogP contribution in [0.1, 0.15) is 25.0 Å². The third kappa shape index (κ3) is 5.17. The average molecular weight is 373 g/mol. The van der Waals surface area contributed by atoms with Gasteiger partial charge in [0.1, 0.15) is 11.5 Å². The molecule has 7 nitrogen and oxygen atoms in total. The molecular formula is C15H19NO6S2. The Hall–Kier alpha value is -1.68. The molecule has 0 spiro atoms. The van der Waals surface area contributed by atoms with Gasteiger partial charge in [-0.2, -0.15) is 16.8 Å². The highest BCUT2D eigenvalue weighted by atomic mass is 32.2. The van der Waals surface area contributed by atoms with Crippen molar-refractivity contribution in [2.45, 2.75) is 31.4 Å². The van der Waals surface area contributed by atoms with E-state index in [9.17, 15) is 21.4 Å². The molecule has 132 valence electrons. The maximum absolute atomic E-state index is 11.3. The van der Waals surface area contributed by atoms with Gasteiger partial charge in [0.05, 0.1) is 0 Å². The summed E-state index contributed by atoms with van der Waals surface area (Å²) in [5.41, 5.74) is 1.18. The van der Waals surface area contributed by atoms with E-state index in [2.05, 4.69) is 5.32 Å². The Labute approximate surface area is 141 Å². The molecule has 0 radical (unpaired) electrons. The third-order valence-electron chi connectivity index (χ3n) is 3.25. The van der Waals surface area contributed by atoms with Crippen LogP contribution >= 0.6 is 0 Å². The van der Waals surface area contributed by atoms with Crippen LogP contribution in [0.25, 0.3) is 10.8 Å². The summed E-state index contributed by atoms with van der Waals surface area (Å²) >= 11 is 0. The van der Waals surface area contributed by atoms with E-state index in [-0.39, 0.29) is 17.2 Å². The van der Waals surface area contributed by atoms with Gasteiger partial charge in [0.2, 0.25) is 0 Å². The minimum absolute atomic E-state index is 0.0895. The van der Waals surface area contributed by atoms with E-state index >= 15 is 0 Å². The van der Waals surface area contributed by atoms with Crippen LogP contribution in [0, 0.1) is 0 Å². The summed E-state index contributed by atoms with van der Waals surface area (Å²) in [7, 11) is -8.58. The first-order valence-electron chi connectivity index (χ1n) is 7.16. The lowest BCUT2D eigenvalue weighted by atomic mass is 10.0. The molecule has 0 aliphatic heterocycles. The first-order valence-corrected chi connectivity index (χ1v) is 10.4. The van der Waals surface area contributed by atoms with Crippen molar-refractivity contribution in [3.63, 3.8) is 0 Å². The van der Waals surface area contributed by atoms with E-state index < -0.39 is 31.7 Å². The highest BCUT2D eigenvalue weighted by Gasteiger charge is 2.16. The monoisotopic (exact) mass is 373 g/mol. The summed E-state index contributed by atoms with van der Waals surface area (Å²) in [4.78, 5) is 0. The van der Waals surface area contributed by atoms with Gasteiger partial charge >= 0.3 is 0 Å². The molecular weight excluding hydrogens is 354 g/mol. The predicted molar refractivity (Wildman–Crippen MR) is 93.2 cm³/mol. The van der Waals surface area contributed by atoms with E-state index in [0.29, 0.717) is 16.5 Å². The molecule has 0 aliphatic rings. The summed E-state index contributed by atoms with van der Waals surface area (Å²) in [5.74, 6) is -1.29. The zero-order chi connectivity index (χ0) is 18.1. The molecule has 2 aromatic rings. The lowest BCUT2D eigenvalue weighted by Crippen LogP contribution is -2.11. The van der Waals surface area contributed by atoms with Crippen molar-refractivity contribution in [3.8, 4) is 0 Å². The second-order valence-electron chi connectivity index (χ2n) is 5.91. The van der Waals surface area contributed by atoms with Gasteiger partial charge in [0.15, 0.2) is 0 Å². The van der Waals surface area contributed by atoms with Crippen molar-refractivity contribution in [2.75, 3.05) is 5.32 Å². The van der Waals surface area contributed by atoms with Crippen molar-refractivity contribution in [1.82, 2.24) is 0 Å². The fraction of sp³-hybridized carbons (Fsp3) is 0.333. The molecule has 0 aromatic heterocycles. The Morgan fingerprint density at radius 3 is 2.17 bits per heavy atom. The Morgan fingerprint density at radius 1 is 1.00 bits per heavy atom. The highest BCUT2D eigenvalue weighted by molar-refractivity contribution is 7.85. The van der Waals surface area contributed by atoms with Crippen molar-refractivity contribution in [3.05, 3.63) is 41.5 Å². The van der Waals surface area contributed by atoms with E-state index in [1.54, 1.807) is 24.3 Å². The van der Waals surface area contributed by atoms with Gasteiger partial charge in [0.25, 0.3) is 20.2 Å².